The van der Waals surface area contributed by atoms with Crippen LogP contribution in [0.3, 0.4) is 0 Å². The zero-order valence-corrected chi connectivity index (χ0v) is 19.5. The zero-order valence-electron chi connectivity index (χ0n) is 18.7. The molecule has 0 radical (unpaired) electrons. The number of hydrogen-bond acceptors (Lipinski definition) is 7. The third kappa shape index (κ3) is 5.99. The number of rotatable bonds is 8. The van der Waals surface area contributed by atoms with Gasteiger partial charge in [0.15, 0.2) is 6.10 Å². The lowest BCUT2D eigenvalue weighted by Gasteiger charge is -2.26. The van der Waals surface area contributed by atoms with E-state index in [2.05, 4.69) is 5.32 Å². The molecule has 2 aliphatic rings. The van der Waals surface area contributed by atoms with Crippen LogP contribution in [-0.4, -0.2) is 70.7 Å². The average Bonchev–Trinajstić information content (AvgIpc) is 2.83. The Morgan fingerprint density at radius 1 is 1.19 bits per heavy atom. The summed E-state index contributed by atoms with van der Waals surface area (Å²) in [6.07, 6.45) is 4.80. The molecule has 9 nitrogen and oxygen atoms in total. The molecule has 1 saturated carbocycles. The first-order valence-electron chi connectivity index (χ1n) is 11.1. The monoisotopic (exact) mass is 468 g/mol. The summed E-state index contributed by atoms with van der Waals surface area (Å²) in [5, 5.41) is 2.86. The fourth-order valence-corrected chi connectivity index (χ4v) is 5.58. The quantitative estimate of drug-likeness (QED) is 0.581. The van der Waals surface area contributed by atoms with Crippen LogP contribution in [0.1, 0.15) is 49.4 Å². The largest absolute Gasteiger partial charge is 0.495 e. The Bertz CT molecular complexity index is 907. The van der Waals surface area contributed by atoms with Gasteiger partial charge in [-0.25, -0.2) is 13.2 Å². The first-order valence-corrected chi connectivity index (χ1v) is 12.5. The molecule has 1 N–H and O–H groups in total. The number of benzene rings is 1. The van der Waals surface area contributed by atoms with E-state index in [0.717, 1.165) is 12.8 Å². The predicted molar refractivity (Wildman–Crippen MR) is 117 cm³/mol. The van der Waals surface area contributed by atoms with Crippen molar-refractivity contribution < 1.29 is 32.2 Å². The van der Waals surface area contributed by atoms with Gasteiger partial charge in [-0.05, 0) is 43.9 Å². The van der Waals surface area contributed by atoms with Gasteiger partial charge in [0.2, 0.25) is 10.0 Å². The van der Waals surface area contributed by atoms with Crippen LogP contribution in [0.4, 0.5) is 0 Å². The average molecular weight is 469 g/mol. The number of esters is 1. The highest BCUT2D eigenvalue weighted by atomic mass is 32.2. The number of ether oxygens (including phenoxy) is 3. The Balaban J connectivity index is 1.66. The summed E-state index contributed by atoms with van der Waals surface area (Å²) in [4.78, 5) is 24.9. The Morgan fingerprint density at radius 3 is 2.53 bits per heavy atom. The molecule has 3 rings (SSSR count). The van der Waals surface area contributed by atoms with Crippen molar-refractivity contribution in [1.29, 1.82) is 0 Å². The summed E-state index contributed by atoms with van der Waals surface area (Å²) in [7, 11) is -2.52. The van der Waals surface area contributed by atoms with E-state index in [0.29, 0.717) is 25.7 Å². The maximum Gasteiger partial charge on any atom is 0.338 e. The van der Waals surface area contributed by atoms with Gasteiger partial charge in [0, 0.05) is 19.6 Å². The molecular formula is C22H32N2O7S. The minimum atomic E-state index is -3.89. The normalized spacial score (nSPS) is 19.2. The molecule has 1 amide bonds. The molecule has 1 aliphatic heterocycles. The van der Waals surface area contributed by atoms with Gasteiger partial charge in [-0.2, -0.15) is 4.31 Å². The topological polar surface area (TPSA) is 111 Å². The minimum absolute atomic E-state index is 0.0320. The van der Waals surface area contributed by atoms with Gasteiger partial charge in [-0.3, -0.25) is 4.79 Å². The van der Waals surface area contributed by atoms with Gasteiger partial charge >= 0.3 is 5.97 Å². The number of carbonyl (C=O) groups excluding carboxylic acids is 2. The van der Waals surface area contributed by atoms with Crippen molar-refractivity contribution in [3.8, 4) is 5.75 Å². The van der Waals surface area contributed by atoms with Gasteiger partial charge < -0.3 is 19.5 Å². The lowest BCUT2D eigenvalue weighted by molar-refractivity contribution is -0.129. The molecule has 1 heterocycles. The summed E-state index contributed by atoms with van der Waals surface area (Å²) < 4.78 is 43.2. The number of nitrogens with one attached hydrogen (secondary N) is 1. The first kappa shape index (κ1) is 24.5. The number of hydrogen-bond donors (Lipinski definition) is 1. The predicted octanol–water partition coefficient (Wildman–Crippen LogP) is 1.96. The van der Waals surface area contributed by atoms with Crippen molar-refractivity contribution in [3.63, 3.8) is 0 Å². The highest BCUT2D eigenvalue weighted by Gasteiger charge is 2.30. The summed E-state index contributed by atoms with van der Waals surface area (Å²) in [6.45, 7) is 3.12. The van der Waals surface area contributed by atoms with E-state index in [-0.39, 0.29) is 35.2 Å². The second kappa shape index (κ2) is 11.1. The van der Waals surface area contributed by atoms with Crippen LogP contribution in [0.15, 0.2) is 23.1 Å². The summed E-state index contributed by atoms with van der Waals surface area (Å²) in [5.41, 5.74) is 0.0320. The number of carbonyl (C=O) groups is 2. The van der Waals surface area contributed by atoms with Crippen molar-refractivity contribution in [3.05, 3.63) is 23.8 Å². The van der Waals surface area contributed by atoms with Crippen LogP contribution in [0.2, 0.25) is 0 Å². The highest BCUT2D eigenvalue weighted by Crippen LogP contribution is 2.29. The molecule has 2 fully saturated rings. The third-order valence-corrected chi connectivity index (χ3v) is 7.85. The molecule has 32 heavy (non-hydrogen) atoms. The molecule has 10 heteroatoms. The van der Waals surface area contributed by atoms with Crippen molar-refractivity contribution in [1.82, 2.24) is 9.62 Å². The fraction of sp³-hybridized carbons (Fsp3) is 0.636. The smallest absolute Gasteiger partial charge is 0.338 e. The molecule has 1 aromatic carbocycles. The molecular weight excluding hydrogens is 436 g/mol. The molecule has 1 saturated heterocycles. The van der Waals surface area contributed by atoms with Gasteiger partial charge in [-0.1, -0.05) is 19.3 Å². The summed E-state index contributed by atoms with van der Waals surface area (Å²) in [5.74, 6) is -0.540. The molecule has 1 aliphatic carbocycles. The van der Waals surface area contributed by atoms with Crippen molar-refractivity contribution in [2.45, 2.75) is 50.0 Å². The van der Waals surface area contributed by atoms with Crippen LogP contribution in [0.25, 0.3) is 0 Å². The van der Waals surface area contributed by atoms with Crippen LogP contribution in [0, 0.1) is 5.92 Å². The molecule has 1 atom stereocenters. The molecule has 0 spiro atoms. The first-order chi connectivity index (χ1) is 15.3. The van der Waals surface area contributed by atoms with Gasteiger partial charge in [0.1, 0.15) is 10.6 Å². The Morgan fingerprint density at radius 2 is 1.88 bits per heavy atom. The lowest BCUT2D eigenvalue weighted by Crippen LogP contribution is -2.40. The fourth-order valence-electron chi connectivity index (χ4n) is 3.99. The van der Waals surface area contributed by atoms with E-state index >= 15 is 0 Å². The highest BCUT2D eigenvalue weighted by molar-refractivity contribution is 7.89. The summed E-state index contributed by atoms with van der Waals surface area (Å²) >= 11 is 0. The van der Waals surface area contributed by atoms with Crippen molar-refractivity contribution in [2.75, 3.05) is 40.0 Å². The Kier molecular flexibility index (Phi) is 8.50. The van der Waals surface area contributed by atoms with Crippen LogP contribution >= 0.6 is 0 Å². The van der Waals surface area contributed by atoms with Gasteiger partial charge in [0.05, 0.1) is 25.9 Å². The van der Waals surface area contributed by atoms with E-state index in [4.69, 9.17) is 14.2 Å². The van der Waals surface area contributed by atoms with Crippen LogP contribution < -0.4 is 10.1 Å². The van der Waals surface area contributed by atoms with E-state index in [1.807, 2.05) is 0 Å². The molecule has 0 aromatic heterocycles. The van der Waals surface area contributed by atoms with Crippen LogP contribution in [-0.2, 0) is 24.3 Å². The van der Waals surface area contributed by atoms with E-state index in [9.17, 15) is 18.0 Å². The minimum Gasteiger partial charge on any atom is -0.495 e. The van der Waals surface area contributed by atoms with Crippen molar-refractivity contribution in [2.24, 2.45) is 5.92 Å². The third-order valence-electron chi connectivity index (χ3n) is 5.93. The van der Waals surface area contributed by atoms with E-state index in [1.54, 1.807) is 0 Å². The number of nitrogens with zero attached hydrogens (tertiary/aromatic N) is 1. The van der Waals surface area contributed by atoms with Crippen molar-refractivity contribution >= 4 is 21.9 Å². The Hall–Kier alpha value is -2.17. The SMILES string of the molecule is COc1ccc(C(=O)O[C@H](C)C(=O)NCC2CCCCC2)cc1S(=O)(=O)N1CCOCC1. The number of methoxy groups -OCH3 is 1. The van der Waals surface area contributed by atoms with Gasteiger partial charge in [0.25, 0.3) is 5.91 Å². The number of sulfonamides is 1. The maximum absolute atomic E-state index is 13.1. The second-order valence-electron chi connectivity index (χ2n) is 8.18. The Labute approximate surface area is 189 Å². The number of morpholine rings is 1. The van der Waals surface area contributed by atoms with Crippen LogP contribution in [0.5, 0.6) is 5.75 Å². The van der Waals surface area contributed by atoms with E-state index < -0.39 is 22.1 Å². The van der Waals surface area contributed by atoms with Gasteiger partial charge in [-0.15, -0.1) is 0 Å². The molecule has 0 unspecified atom stereocenters. The zero-order chi connectivity index (χ0) is 23.1. The molecule has 0 bridgehead atoms. The lowest BCUT2D eigenvalue weighted by atomic mass is 9.89. The second-order valence-corrected chi connectivity index (χ2v) is 10.1. The summed E-state index contributed by atoms with van der Waals surface area (Å²) in [6, 6.07) is 4.07. The van der Waals surface area contributed by atoms with E-state index in [1.165, 1.54) is 55.8 Å². The number of amides is 1. The molecule has 178 valence electrons. The maximum atomic E-state index is 13.1. The molecule has 1 aromatic rings. The standard InChI is InChI=1S/C22H32N2O7S/c1-16(21(25)23-15-17-6-4-3-5-7-17)31-22(26)18-8-9-19(29-2)20(14-18)32(27,28)24-10-12-30-13-11-24/h8-9,14,16-17H,3-7,10-13,15H2,1-2H3,(H,23,25)/t16-/m1/s1.